The van der Waals surface area contributed by atoms with Crippen molar-refractivity contribution in [1.82, 2.24) is 14.1 Å². The lowest BCUT2D eigenvalue weighted by atomic mass is 10.1. The SMILES string of the molecule is COc1ccc(Cl)cc1S(=O)(=O)N1CC(C)N(CCN(C)C)C(C)C1. The van der Waals surface area contributed by atoms with Crippen LogP contribution in [0.25, 0.3) is 0 Å². The van der Waals surface area contributed by atoms with E-state index in [2.05, 4.69) is 23.6 Å². The molecule has 1 fully saturated rings. The lowest BCUT2D eigenvalue weighted by molar-refractivity contribution is 0.0707. The van der Waals surface area contributed by atoms with Gasteiger partial charge in [0.1, 0.15) is 10.6 Å². The van der Waals surface area contributed by atoms with Crippen LogP contribution in [0.2, 0.25) is 5.02 Å². The van der Waals surface area contributed by atoms with E-state index in [1.165, 1.54) is 13.2 Å². The molecule has 0 bridgehead atoms. The summed E-state index contributed by atoms with van der Waals surface area (Å²) in [5, 5.41) is 0.380. The number of hydrogen-bond acceptors (Lipinski definition) is 5. The predicted molar refractivity (Wildman–Crippen MR) is 101 cm³/mol. The number of halogens is 1. The zero-order chi connectivity index (χ0) is 18.8. The van der Waals surface area contributed by atoms with Gasteiger partial charge >= 0.3 is 0 Å². The maximum atomic E-state index is 13.1. The fourth-order valence-corrected chi connectivity index (χ4v) is 5.27. The minimum atomic E-state index is -3.66. The van der Waals surface area contributed by atoms with Crippen molar-refractivity contribution in [3.8, 4) is 5.75 Å². The average Bonchev–Trinajstić information content (AvgIpc) is 2.53. The summed E-state index contributed by atoms with van der Waals surface area (Å²) in [6.07, 6.45) is 0. The molecule has 1 aliphatic heterocycles. The van der Waals surface area contributed by atoms with Crippen LogP contribution < -0.4 is 4.74 Å². The van der Waals surface area contributed by atoms with E-state index < -0.39 is 10.0 Å². The minimum absolute atomic E-state index is 0.128. The van der Waals surface area contributed by atoms with Gasteiger partial charge in [0, 0.05) is 43.3 Å². The Morgan fingerprint density at radius 3 is 2.36 bits per heavy atom. The Morgan fingerprint density at radius 2 is 1.84 bits per heavy atom. The molecule has 2 atom stereocenters. The molecular weight excluding hydrogens is 362 g/mol. The monoisotopic (exact) mass is 389 g/mol. The number of hydrogen-bond donors (Lipinski definition) is 0. The van der Waals surface area contributed by atoms with Crippen LogP contribution in [0.15, 0.2) is 23.1 Å². The Hall–Kier alpha value is -0.860. The quantitative estimate of drug-likeness (QED) is 0.744. The van der Waals surface area contributed by atoms with Crippen molar-refractivity contribution in [1.29, 1.82) is 0 Å². The Bertz CT molecular complexity index is 684. The summed E-state index contributed by atoms with van der Waals surface area (Å²) >= 11 is 6.02. The van der Waals surface area contributed by atoms with Crippen molar-refractivity contribution in [2.24, 2.45) is 0 Å². The summed E-state index contributed by atoms with van der Waals surface area (Å²) < 4.78 is 33.1. The molecular formula is C17H28ClN3O3S. The number of ether oxygens (including phenoxy) is 1. The van der Waals surface area contributed by atoms with E-state index in [0.29, 0.717) is 23.9 Å². The van der Waals surface area contributed by atoms with Crippen molar-refractivity contribution in [2.75, 3.05) is 47.4 Å². The molecule has 2 unspecified atom stereocenters. The van der Waals surface area contributed by atoms with Crippen LogP contribution >= 0.6 is 11.6 Å². The van der Waals surface area contributed by atoms with Gasteiger partial charge in [-0.3, -0.25) is 4.90 Å². The molecule has 0 spiro atoms. The molecule has 8 heteroatoms. The lowest BCUT2D eigenvalue weighted by Gasteiger charge is -2.44. The van der Waals surface area contributed by atoms with Crippen LogP contribution in [0.5, 0.6) is 5.75 Å². The highest BCUT2D eigenvalue weighted by Gasteiger charge is 2.37. The van der Waals surface area contributed by atoms with E-state index in [9.17, 15) is 8.42 Å². The largest absolute Gasteiger partial charge is 0.495 e. The molecule has 142 valence electrons. The molecule has 1 heterocycles. The number of benzene rings is 1. The van der Waals surface area contributed by atoms with Gasteiger partial charge in [0.2, 0.25) is 10.0 Å². The average molecular weight is 390 g/mol. The molecule has 1 aromatic rings. The second kappa shape index (κ2) is 8.22. The third-order valence-corrected chi connectivity index (χ3v) is 6.70. The van der Waals surface area contributed by atoms with Crippen LogP contribution in [-0.4, -0.2) is 82.0 Å². The smallest absolute Gasteiger partial charge is 0.246 e. The number of piperazine rings is 1. The summed E-state index contributed by atoms with van der Waals surface area (Å²) in [6, 6.07) is 4.97. The predicted octanol–water partition coefficient (Wildman–Crippen LogP) is 1.99. The third kappa shape index (κ3) is 4.65. The maximum absolute atomic E-state index is 13.1. The van der Waals surface area contributed by atoms with Gasteiger partial charge in [0.15, 0.2) is 0 Å². The number of nitrogens with zero attached hydrogens (tertiary/aromatic N) is 3. The van der Waals surface area contributed by atoms with Gasteiger partial charge in [-0.25, -0.2) is 8.42 Å². The highest BCUT2D eigenvalue weighted by Crippen LogP contribution is 2.31. The normalized spacial score (nSPS) is 23.2. The second-order valence-corrected chi connectivity index (χ2v) is 9.20. The first-order valence-electron chi connectivity index (χ1n) is 8.41. The molecule has 1 aliphatic rings. The topological polar surface area (TPSA) is 53.1 Å². The lowest BCUT2D eigenvalue weighted by Crippen LogP contribution is -2.58. The number of rotatable bonds is 6. The van der Waals surface area contributed by atoms with Crippen molar-refractivity contribution in [3.63, 3.8) is 0 Å². The van der Waals surface area contributed by atoms with Crippen LogP contribution in [0, 0.1) is 0 Å². The van der Waals surface area contributed by atoms with Crippen LogP contribution in [0.1, 0.15) is 13.8 Å². The van der Waals surface area contributed by atoms with Crippen molar-refractivity contribution < 1.29 is 13.2 Å². The molecule has 0 saturated carbocycles. The highest BCUT2D eigenvalue weighted by molar-refractivity contribution is 7.89. The molecule has 0 aromatic heterocycles. The molecule has 1 saturated heterocycles. The highest BCUT2D eigenvalue weighted by atomic mass is 35.5. The first kappa shape index (κ1) is 20.5. The molecule has 0 N–H and O–H groups in total. The minimum Gasteiger partial charge on any atom is -0.495 e. The van der Waals surface area contributed by atoms with Gasteiger partial charge in [-0.1, -0.05) is 11.6 Å². The van der Waals surface area contributed by atoms with Crippen molar-refractivity contribution in [2.45, 2.75) is 30.8 Å². The summed E-state index contributed by atoms with van der Waals surface area (Å²) in [6.45, 7) is 6.92. The summed E-state index contributed by atoms with van der Waals surface area (Å²) in [5.41, 5.74) is 0. The summed E-state index contributed by atoms with van der Waals surface area (Å²) in [5.74, 6) is 0.319. The molecule has 1 aromatic carbocycles. The van der Waals surface area contributed by atoms with Gasteiger partial charge in [-0.15, -0.1) is 0 Å². The van der Waals surface area contributed by atoms with Crippen molar-refractivity contribution >= 4 is 21.6 Å². The van der Waals surface area contributed by atoms with Crippen LogP contribution in [0.4, 0.5) is 0 Å². The standard InChI is InChI=1S/C17H28ClN3O3S/c1-13-11-20(12-14(2)21(13)9-8-19(3)4)25(22,23)17-10-15(18)6-7-16(17)24-5/h6-7,10,13-14H,8-9,11-12H2,1-5H3. The van der Waals surface area contributed by atoms with E-state index in [-0.39, 0.29) is 17.0 Å². The number of sulfonamides is 1. The molecule has 0 radical (unpaired) electrons. The molecule has 0 aliphatic carbocycles. The fraction of sp³-hybridized carbons (Fsp3) is 0.647. The first-order chi connectivity index (χ1) is 11.7. The Kier molecular flexibility index (Phi) is 6.73. The van der Waals surface area contributed by atoms with E-state index in [4.69, 9.17) is 16.3 Å². The Labute approximate surface area is 156 Å². The Balaban J connectivity index is 2.24. The van der Waals surface area contributed by atoms with Gasteiger partial charge < -0.3 is 9.64 Å². The molecule has 6 nitrogen and oxygen atoms in total. The van der Waals surface area contributed by atoms with Gasteiger partial charge in [0.25, 0.3) is 0 Å². The molecule has 2 rings (SSSR count). The van der Waals surface area contributed by atoms with Gasteiger partial charge in [0.05, 0.1) is 7.11 Å². The van der Waals surface area contributed by atoms with E-state index in [1.54, 1.807) is 16.4 Å². The van der Waals surface area contributed by atoms with Gasteiger partial charge in [-0.05, 0) is 46.1 Å². The maximum Gasteiger partial charge on any atom is 0.246 e. The third-order valence-electron chi connectivity index (χ3n) is 4.62. The van der Waals surface area contributed by atoms with Crippen LogP contribution in [-0.2, 0) is 10.0 Å². The van der Waals surface area contributed by atoms with E-state index in [1.807, 2.05) is 14.1 Å². The van der Waals surface area contributed by atoms with Crippen molar-refractivity contribution in [3.05, 3.63) is 23.2 Å². The molecule has 25 heavy (non-hydrogen) atoms. The number of methoxy groups -OCH3 is 1. The van der Waals surface area contributed by atoms with E-state index >= 15 is 0 Å². The Morgan fingerprint density at radius 1 is 1.24 bits per heavy atom. The van der Waals surface area contributed by atoms with E-state index in [0.717, 1.165) is 13.1 Å². The van der Waals surface area contributed by atoms with Gasteiger partial charge in [-0.2, -0.15) is 4.31 Å². The first-order valence-corrected chi connectivity index (χ1v) is 10.2. The fourth-order valence-electron chi connectivity index (χ4n) is 3.25. The number of likely N-dealkylation sites (N-methyl/N-ethyl adjacent to an activating group) is 1. The zero-order valence-electron chi connectivity index (χ0n) is 15.6. The zero-order valence-corrected chi connectivity index (χ0v) is 17.1. The van der Waals surface area contributed by atoms with Crippen LogP contribution in [0.3, 0.4) is 0 Å². The summed E-state index contributed by atoms with van der Waals surface area (Å²) in [7, 11) is 1.89. The second-order valence-electron chi connectivity index (χ2n) is 6.86. The molecule has 0 amide bonds. The summed E-state index contributed by atoms with van der Waals surface area (Å²) in [4.78, 5) is 4.63.